The van der Waals surface area contributed by atoms with Crippen LogP contribution >= 0.6 is 0 Å². The molecule has 1 heterocycles. The highest BCUT2D eigenvalue weighted by Crippen LogP contribution is 2.63. The van der Waals surface area contributed by atoms with E-state index in [1.165, 1.54) is 11.1 Å². The van der Waals surface area contributed by atoms with E-state index in [4.69, 9.17) is 14.2 Å². The van der Waals surface area contributed by atoms with Crippen LogP contribution in [0.2, 0.25) is 0 Å². The predicted molar refractivity (Wildman–Crippen MR) is 133 cm³/mol. The Kier molecular flexibility index (Phi) is 6.19. The molecule has 5 rings (SSSR count). The molecule has 2 bridgehead atoms. The van der Waals surface area contributed by atoms with Gasteiger partial charge in [0.25, 0.3) is 0 Å². The van der Waals surface area contributed by atoms with E-state index in [1.807, 2.05) is 6.07 Å². The molecule has 1 saturated heterocycles. The lowest BCUT2D eigenvalue weighted by atomic mass is 9.45. The summed E-state index contributed by atoms with van der Waals surface area (Å²) in [6, 6.07) is 15.0. The lowest BCUT2D eigenvalue weighted by Crippen LogP contribution is -2.76. The van der Waals surface area contributed by atoms with Crippen LogP contribution in [0.4, 0.5) is 0 Å². The van der Waals surface area contributed by atoms with Crippen molar-refractivity contribution in [1.82, 2.24) is 4.90 Å². The standard InChI is InChI=1S/C29H37NO4/c1-20-23(31)14-15-29(34-18-8-11-21-9-6-5-7-10-21)25-19-22-12-13-24(32-3)27(33-4)26(22)28(20,29)16-17-30(25)2/h5-7,9-10,12-13,20,25H,8,11,14-19H2,1-4H3/t20-,25+,28-,29-/m1/s1. The van der Waals surface area contributed by atoms with E-state index in [0.29, 0.717) is 18.8 Å². The number of ether oxygens (including phenoxy) is 3. The Labute approximate surface area is 203 Å². The zero-order chi connectivity index (χ0) is 23.9. The van der Waals surface area contributed by atoms with Gasteiger partial charge in [-0.1, -0.05) is 43.3 Å². The summed E-state index contributed by atoms with van der Waals surface area (Å²) in [5.74, 6) is 1.72. The molecule has 2 aromatic carbocycles. The van der Waals surface area contributed by atoms with Gasteiger partial charge in [0.05, 0.1) is 19.8 Å². The molecule has 182 valence electrons. The van der Waals surface area contributed by atoms with Gasteiger partial charge in [0.2, 0.25) is 0 Å². The SMILES string of the molecule is COc1ccc2c(c1OC)[C@]13CCN(C)[C@@H](C2)[C@]1(OCCCc1ccccc1)CCC(=O)[C@H]3C. The van der Waals surface area contributed by atoms with E-state index in [-0.39, 0.29) is 12.0 Å². The summed E-state index contributed by atoms with van der Waals surface area (Å²) in [7, 11) is 5.62. The van der Waals surface area contributed by atoms with Gasteiger partial charge in [-0.15, -0.1) is 0 Å². The van der Waals surface area contributed by atoms with Crippen molar-refractivity contribution in [3.63, 3.8) is 0 Å². The van der Waals surface area contributed by atoms with Gasteiger partial charge in [0.1, 0.15) is 5.78 Å². The first-order valence-electron chi connectivity index (χ1n) is 12.6. The second kappa shape index (κ2) is 9.01. The Morgan fingerprint density at radius 1 is 1.06 bits per heavy atom. The Bertz CT molecular complexity index is 1050. The molecule has 0 radical (unpaired) electrons. The Morgan fingerprint density at radius 3 is 2.59 bits per heavy atom. The average molecular weight is 464 g/mol. The average Bonchev–Trinajstić information content (AvgIpc) is 2.86. The number of carbonyl (C=O) groups is 1. The number of nitrogens with zero attached hydrogens (tertiary/aromatic N) is 1. The van der Waals surface area contributed by atoms with Gasteiger partial charge in [0.15, 0.2) is 11.5 Å². The van der Waals surface area contributed by atoms with E-state index in [0.717, 1.165) is 55.7 Å². The normalized spacial score (nSPS) is 30.4. The molecule has 1 saturated carbocycles. The molecular weight excluding hydrogens is 426 g/mol. The number of likely N-dealkylation sites (tertiary alicyclic amines) is 1. The predicted octanol–water partition coefficient (Wildman–Crippen LogP) is 4.59. The molecule has 3 aliphatic rings. The summed E-state index contributed by atoms with van der Waals surface area (Å²) in [4.78, 5) is 15.8. The lowest BCUT2D eigenvalue weighted by Gasteiger charge is -2.66. The smallest absolute Gasteiger partial charge is 0.164 e. The number of rotatable bonds is 7. The Balaban J connectivity index is 1.59. The van der Waals surface area contributed by atoms with E-state index >= 15 is 0 Å². The highest BCUT2D eigenvalue weighted by atomic mass is 16.5. The lowest BCUT2D eigenvalue weighted by molar-refractivity contribution is -0.209. The van der Waals surface area contributed by atoms with Crippen molar-refractivity contribution >= 4 is 5.78 Å². The number of likely N-dealkylation sites (N-methyl/N-ethyl adjacent to an activating group) is 1. The second-order valence-electron chi connectivity index (χ2n) is 10.3. The fourth-order valence-corrected chi connectivity index (χ4v) is 7.33. The first-order valence-corrected chi connectivity index (χ1v) is 12.6. The summed E-state index contributed by atoms with van der Waals surface area (Å²) in [5, 5.41) is 0. The minimum atomic E-state index is -0.420. The second-order valence-corrected chi connectivity index (χ2v) is 10.3. The third-order valence-corrected chi connectivity index (χ3v) is 8.95. The quantitative estimate of drug-likeness (QED) is 0.562. The summed E-state index contributed by atoms with van der Waals surface area (Å²) >= 11 is 0. The molecule has 1 aliphatic heterocycles. The largest absolute Gasteiger partial charge is 0.493 e. The van der Waals surface area contributed by atoms with Gasteiger partial charge in [-0.05, 0) is 62.9 Å². The zero-order valence-electron chi connectivity index (χ0n) is 20.9. The number of hydrogen-bond acceptors (Lipinski definition) is 5. The van der Waals surface area contributed by atoms with E-state index < -0.39 is 11.0 Å². The highest BCUT2D eigenvalue weighted by molar-refractivity contribution is 5.85. The minimum absolute atomic E-state index is 0.133. The van der Waals surface area contributed by atoms with Crippen molar-refractivity contribution in [2.45, 2.75) is 62.5 Å². The first kappa shape index (κ1) is 23.4. The van der Waals surface area contributed by atoms with Crippen molar-refractivity contribution < 1.29 is 19.0 Å². The Morgan fingerprint density at radius 2 is 1.85 bits per heavy atom. The van der Waals surface area contributed by atoms with Crippen molar-refractivity contribution in [2.24, 2.45) is 5.92 Å². The third kappa shape index (κ3) is 3.31. The fourth-order valence-electron chi connectivity index (χ4n) is 7.33. The molecule has 0 unspecified atom stereocenters. The van der Waals surface area contributed by atoms with Gasteiger partial charge in [-0.25, -0.2) is 0 Å². The maximum Gasteiger partial charge on any atom is 0.164 e. The molecule has 2 aromatic rings. The Hall–Kier alpha value is -2.37. The number of aryl methyl sites for hydroxylation is 1. The summed E-state index contributed by atoms with van der Waals surface area (Å²) in [6.07, 6.45) is 5.06. The number of ketones is 1. The molecule has 0 amide bonds. The first-order chi connectivity index (χ1) is 16.5. The number of fused-ring (bicyclic) bond motifs is 1. The molecule has 4 atom stereocenters. The molecule has 5 nitrogen and oxygen atoms in total. The number of piperidine rings is 1. The number of methoxy groups -OCH3 is 2. The van der Waals surface area contributed by atoms with Gasteiger partial charge in [-0.3, -0.25) is 4.79 Å². The number of benzene rings is 2. The van der Waals surface area contributed by atoms with Gasteiger partial charge in [0, 0.05) is 36.0 Å². The van der Waals surface area contributed by atoms with Crippen LogP contribution in [0.15, 0.2) is 42.5 Å². The van der Waals surface area contributed by atoms with Crippen molar-refractivity contribution in [3.8, 4) is 11.5 Å². The van der Waals surface area contributed by atoms with Crippen molar-refractivity contribution in [3.05, 3.63) is 59.2 Å². The van der Waals surface area contributed by atoms with E-state index in [9.17, 15) is 4.79 Å². The van der Waals surface area contributed by atoms with Crippen molar-refractivity contribution in [1.29, 1.82) is 0 Å². The number of Topliss-reactive ketones (excluding diaryl/α,β-unsaturated/α-hetero) is 1. The maximum absolute atomic E-state index is 13.3. The van der Waals surface area contributed by atoms with Crippen LogP contribution < -0.4 is 9.47 Å². The van der Waals surface area contributed by atoms with Crippen LogP contribution in [-0.2, 0) is 27.8 Å². The number of hydrogen-bond donors (Lipinski definition) is 0. The molecule has 5 heteroatoms. The summed E-state index contributed by atoms with van der Waals surface area (Å²) in [6.45, 7) is 3.75. The van der Waals surface area contributed by atoms with Crippen LogP contribution in [0, 0.1) is 5.92 Å². The van der Waals surface area contributed by atoms with Crippen LogP contribution in [0.5, 0.6) is 11.5 Å². The molecule has 2 fully saturated rings. The van der Waals surface area contributed by atoms with Crippen molar-refractivity contribution in [2.75, 3.05) is 34.4 Å². The van der Waals surface area contributed by atoms with Crippen LogP contribution in [0.3, 0.4) is 0 Å². The topological polar surface area (TPSA) is 48.0 Å². The van der Waals surface area contributed by atoms with E-state index in [1.54, 1.807) is 14.2 Å². The van der Waals surface area contributed by atoms with Crippen LogP contribution in [0.1, 0.15) is 49.3 Å². The van der Waals surface area contributed by atoms with Gasteiger partial charge >= 0.3 is 0 Å². The molecular formula is C29H37NO4. The summed E-state index contributed by atoms with van der Waals surface area (Å²) < 4.78 is 18.8. The van der Waals surface area contributed by atoms with Gasteiger partial charge in [-0.2, -0.15) is 0 Å². The molecule has 0 aromatic heterocycles. The highest BCUT2D eigenvalue weighted by Gasteiger charge is 2.69. The summed E-state index contributed by atoms with van der Waals surface area (Å²) in [5.41, 5.74) is 2.92. The fraction of sp³-hybridized carbons (Fsp3) is 0.552. The third-order valence-electron chi connectivity index (χ3n) is 8.95. The van der Waals surface area contributed by atoms with E-state index in [2.05, 4.69) is 55.3 Å². The monoisotopic (exact) mass is 463 g/mol. The molecule has 0 N–H and O–H groups in total. The number of carbonyl (C=O) groups excluding carboxylic acids is 1. The zero-order valence-corrected chi connectivity index (χ0v) is 20.9. The van der Waals surface area contributed by atoms with Gasteiger partial charge < -0.3 is 19.1 Å². The maximum atomic E-state index is 13.3. The van der Waals surface area contributed by atoms with Crippen LogP contribution in [0.25, 0.3) is 0 Å². The van der Waals surface area contributed by atoms with Crippen LogP contribution in [-0.4, -0.2) is 56.7 Å². The molecule has 0 spiro atoms. The molecule has 2 aliphatic carbocycles. The minimum Gasteiger partial charge on any atom is -0.493 e. The molecule has 34 heavy (non-hydrogen) atoms.